The van der Waals surface area contributed by atoms with Crippen molar-refractivity contribution in [2.75, 3.05) is 11.4 Å². The SMILES string of the molecule is Cc1cc(C)cc(N2CC[C@H](NC(=O)C3CCCC3)C2=O)c1. The average molecular weight is 300 g/mol. The number of rotatable bonds is 3. The summed E-state index contributed by atoms with van der Waals surface area (Å²) in [5.74, 6) is 0.206. The van der Waals surface area contributed by atoms with Gasteiger partial charge in [-0.25, -0.2) is 0 Å². The van der Waals surface area contributed by atoms with Crippen molar-refractivity contribution in [3.05, 3.63) is 29.3 Å². The topological polar surface area (TPSA) is 49.4 Å². The number of carbonyl (C=O) groups excluding carboxylic acids is 2. The van der Waals surface area contributed by atoms with E-state index in [4.69, 9.17) is 0 Å². The monoisotopic (exact) mass is 300 g/mol. The normalized spacial score (nSPS) is 22.4. The predicted molar refractivity (Wildman–Crippen MR) is 86.8 cm³/mol. The summed E-state index contributed by atoms with van der Waals surface area (Å²) < 4.78 is 0. The van der Waals surface area contributed by atoms with E-state index in [1.807, 2.05) is 26.0 Å². The molecular weight excluding hydrogens is 276 g/mol. The lowest BCUT2D eigenvalue weighted by Gasteiger charge is -2.19. The maximum Gasteiger partial charge on any atom is 0.249 e. The number of benzene rings is 1. The molecule has 0 aromatic heterocycles. The predicted octanol–water partition coefficient (Wildman–Crippen LogP) is 2.72. The van der Waals surface area contributed by atoms with Crippen molar-refractivity contribution in [1.82, 2.24) is 5.32 Å². The number of hydrogen-bond donors (Lipinski definition) is 1. The van der Waals surface area contributed by atoms with Crippen LogP contribution in [0, 0.1) is 19.8 Å². The minimum atomic E-state index is -0.353. The first-order valence-electron chi connectivity index (χ1n) is 8.24. The molecule has 118 valence electrons. The van der Waals surface area contributed by atoms with Gasteiger partial charge in [0.1, 0.15) is 6.04 Å². The molecule has 1 atom stereocenters. The van der Waals surface area contributed by atoms with Gasteiger partial charge in [-0.3, -0.25) is 9.59 Å². The number of carbonyl (C=O) groups is 2. The zero-order chi connectivity index (χ0) is 15.7. The second-order valence-electron chi connectivity index (χ2n) is 6.67. The van der Waals surface area contributed by atoms with Crippen LogP contribution in [-0.2, 0) is 9.59 Å². The first kappa shape index (κ1) is 15.1. The third-order valence-corrected chi connectivity index (χ3v) is 4.77. The molecule has 3 rings (SSSR count). The molecule has 1 N–H and O–H groups in total. The number of hydrogen-bond acceptors (Lipinski definition) is 2. The van der Waals surface area contributed by atoms with Crippen LogP contribution in [-0.4, -0.2) is 24.4 Å². The molecule has 0 bridgehead atoms. The maximum absolute atomic E-state index is 12.6. The number of aryl methyl sites for hydroxylation is 2. The maximum atomic E-state index is 12.6. The Morgan fingerprint density at radius 3 is 2.36 bits per heavy atom. The highest BCUT2D eigenvalue weighted by Crippen LogP contribution is 2.27. The fourth-order valence-corrected chi connectivity index (χ4v) is 3.65. The van der Waals surface area contributed by atoms with Gasteiger partial charge < -0.3 is 10.2 Å². The van der Waals surface area contributed by atoms with Gasteiger partial charge in [0, 0.05) is 18.2 Å². The Kier molecular flexibility index (Phi) is 4.19. The van der Waals surface area contributed by atoms with E-state index in [0.717, 1.165) is 42.5 Å². The summed E-state index contributed by atoms with van der Waals surface area (Å²) >= 11 is 0. The van der Waals surface area contributed by atoms with Gasteiger partial charge in [-0.2, -0.15) is 0 Å². The van der Waals surface area contributed by atoms with Crippen molar-refractivity contribution >= 4 is 17.5 Å². The van der Waals surface area contributed by atoms with Gasteiger partial charge in [-0.05, 0) is 56.4 Å². The zero-order valence-corrected chi connectivity index (χ0v) is 13.4. The molecule has 4 heteroatoms. The third-order valence-electron chi connectivity index (χ3n) is 4.77. The molecule has 1 saturated heterocycles. The summed E-state index contributed by atoms with van der Waals surface area (Å²) in [7, 11) is 0. The summed E-state index contributed by atoms with van der Waals surface area (Å²) in [4.78, 5) is 26.6. The van der Waals surface area contributed by atoms with Crippen LogP contribution in [0.15, 0.2) is 18.2 Å². The summed E-state index contributed by atoms with van der Waals surface area (Å²) in [6.45, 7) is 4.75. The number of nitrogens with zero attached hydrogens (tertiary/aromatic N) is 1. The molecule has 0 radical (unpaired) electrons. The van der Waals surface area contributed by atoms with Crippen LogP contribution >= 0.6 is 0 Å². The molecule has 1 heterocycles. The van der Waals surface area contributed by atoms with E-state index in [2.05, 4.69) is 11.4 Å². The largest absolute Gasteiger partial charge is 0.344 e. The average Bonchev–Trinajstić information content (AvgIpc) is 3.09. The van der Waals surface area contributed by atoms with E-state index < -0.39 is 0 Å². The highest BCUT2D eigenvalue weighted by molar-refractivity contribution is 6.01. The number of amides is 2. The molecular formula is C18H24N2O2. The minimum absolute atomic E-state index is 0.0244. The standard InChI is InChI=1S/C18H24N2O2/c1-12-9-13(2)11-15(10-12)20-8-7-16(18(20)22)19-17(21)14-5-3-4-6-14/h9-11,14,16H,3-8H2,1-2H3,(H,19,21)/t16-/m0/s1. The second kappa shape index (κ2) is 6.11. The van der Waals surface area contributed by atoms with Gasteiger partial charge in [-0.15, -0.1) is 0 Å². The fraction of sp³-hybridized carbons (Fsp3) is 0.556. The molecule has 2 amide bonds. The lowest BCUT2D eigenvalue weighted by molar-refractivity contribution is -0.129. The van der Waals surface area contributed by atoms with E-state index in [0.29, 0.717) is 13.0 Å². The highest BCUT2D eigenvalue weighted by Gasteiger charge is 2.35. The van der Waals surface area contributed by atoms with Crippen molar-refractivity contribution in [2.45, 2.75) is 52.0 Å². The van der Waals surface area contributed by atoms with Gasteiger partial charge >= 0.3 is 0 Å². The number of anilines is 1. The summed E-state index contributed by atoms with van der Waals surface area (Å²) in [6, 6.07) is 5.82. The van der Waals surface area contributed by atoms with Crippen molar-refractivity contribution < 1.29 is 9.59 Å². The van der Waals surface area contributed by atoms with Crippen LogP contribution in [0.5, 0.6) is 0 Å². The van der Waals surface area contributed by atoms with E-state index in [1.165, 1.54) is 0 Å². The Bertz CT molecular complexity index is 570. The molecule has 1 aliphatic heterocycles. The van der Waals surface area contributed by atoms with Crippen LogP contribution in [0.2, 0.25) is 0 Å². The summed E-state index contributed by atoms with van der Waals surface area (Å²) in [5, 5.41) is 2.97. The molecule has 1 saturated carbocycles. The van der Waals surface area contributed by atoms with E-state index in [-0.39, 0.29) is 23.8 Å². The molecule has 1 aliphatic carbocycles. The Hall–Kier alpha value is -1.84. The van der Waals surface area contributed by atoms with Gasteiger partial charge in [0.2, 0.25) is 11.8 Å². The van der Waals surface area contributed by atoms with Gasteiger partial charge in [0.05, 0.1) is 0 Å². The fourth-order valence-electron chi connectivity index (χ4n) is 3.65. The van der Waals surface area contributed by atoms with E-state index >= 15 is 0 Å². The Morgan fingerprint density at radius 2 is 1.73 bits per heavy atom. The smallest absolute Gasteiger partial charge is 0.249 e. The highest BCUT2D eigenvalue weighted by atomic mass is 16.2. The molecule has 0 unspecified atom stereocenters. The van der Waals surface area contributed by atoms with Crippen molar-refractivity contribution in [3.63, 3.8) is 0 Å². The molecule has 1 aromatic carbocycles. The first-order valence-corrected chi connectivity index (χ1v) is 8.24. The molecule has 1 aromatic rings. The quantitative estimate of drug-likeness (QED) is 0.933. The van der Waals surface area contributed by atoms with E-state index in [9.17, 15) is 9.59 Å². The van der Waals surface area contributed by atoms with Crippen LogP contribution < -0.4 is 10.2 Å². The second-order valence-corrected chi connectivity index (χ2v) is 6.67. The van der Waals surface area contributed by atoms with Crippen LogP contribution in [0.3, 0.4) is 0 Å². The van der Waals surface area contributed by atoms with Crippen molar-refractivity contribution in [3.8, 4) is 0 Å². The first-order chi connectivity index (χ1) is 10.5. The molecule has 0 spiro atoms. The molecule has 4 nitrogen and oxygen atoms in total. The van der Waals surface area contributed by atoms with Crippen LogP contribution in [0.25, 0.3) is 0 Å². The molecule has 22 heavy (non-hydrogen) atoms. The Balaban J connectivity index is 1.67. The lowest BCUT2D eigenvalue weighted by atomic mass is 10.1. The third kappa shape index (κ3) is 3.01. The molecule has 2 fully saturated rings. The minimum Gasteiger partial charge on any atom is -0.344 e. The van der Waals surface area contributed by atoms with Crippen LogP contribution in [0.4, 0.5) is 5.69 Å². The van der Waals surface area contributed by atoms with Gasteiger partial charge in [-0.1, -0.05) is 18.9 Å². The van der Waals surface area contributed by atoms with Gasteiger partial charge in [0.15, 0.2) is 0 Å². The number of nitrogens with one attached hydrogen (secondary N) is 1. The van der Waals surface area contributed by atoms with Crippen molar-refractivity contribution in [1.29, 1.82) is 0 Å². The van der Waals surface area contributed by atoms with Gasteiger partial charge in [0.25, 0.3) is 0 Å². The Labute approximate surface area is 131 Å². The van der Waals surface area contributed by atoms with Crippen molar-refractivity contribution in [2.24, 2.45) is 5.92 Å². The Morgan fingerprint density at radius 1 is 1.09 bits per heavy atom. The van der Waals surface area contributed by atoms with Crippen LogP contribution in [0.1, 0.15) is 43.2 Å². The zero-order valence-electron chi connectivity index (χ0n) is 13.4. The summed E-state index contributed by atoms with van der Waals surface area (Å²) in [6.07, 6.45) is 4.89. The summed E-state index contributed by atoms with van der Waals surface area (Å²) in [5.41, 5.74) is 3.25. The molecule has 2 aliphatic rings. The van der Waals surface area contributed by atoms with E-state index in [1.54, 1.807) is 4.90 Å². The lowest BCUT2D eigenvalue weighted by Crippen LogP contribution is -2.43.